The van der Waals surface area contributed by atoms with Crippen LogP contribution in [0, 0.1) is 0 Å². The van der Waals surface area contributed by atoms with Crippen molar-refractivity contribution in [3.05, 3.63) is 116 Å². The molecular formula is C29H19N5. The molecule has 0 radical (unpaired) electrons. The van der Waals surface area contributed by atoms with Crippen molar-refractivity contribution in [3.8, 4) is 22.8 Å². The van der Waals surface area contributed by atoms with Gasteiger partial charge in [0.05, 0.1) is 34.6 Å². The molecule has 0 atom stereocenters. The summed E-state index contributed by atoms with van der Waals surface area (Å²) in [4.78, 5) is 13.5. The number of rotatable bonds is 3. The molecule has 0 bridgehead atoms. The summed E-state index contributed by atoms with van der Waals surface area (Å²) in [7, 11) is 0. The highest BCUT2D eigenvalue weighted by molar-refractivity contribution is 6.13. The van der Waals surface area contributed by atoms with Crippen molar-refractivity contribution in [3.63, 3.8) is 0 Å². The molecule has 0 aliphatic carbocycles. The van der Waals surface area contributed by atoms with E-state index in [1.807, 2.05) is 30.6 Å². The summed E-state index contributed by atoms with van der Waals surface area (Å²) in [5.41, 5.74) is 6.39. The summed E-state index contributed by atoms with van der Waals surface area (Å²) in [5.74, 6) is 0.665. The highest BCUT2D eigenvalue weighted by Crippen LogP contribution is 2.35. The zero-order chi connectivity index (χ0) is 22.5. The maximum absolute atomic E-state index is 4.66. The van der Waals surface area contributed by atoms with Crippen LogP contribution >= 0.6 is 0 Å². The fraction of sp³-hybridized carbons (Fsp3) is 0. The van der Waals surface area contributed by atoms with Gasteiger partial charge in [0.1, 0.15) is 0 Å². The Morgan fingerprint density at radius 2 is 1.41 bits per heavy atom. The van der Waals surface area contributed by atoms with Crippen LogP contribution in [0.15, 0.2) is 116 Å². The molecule has 4 heterocycles. The van der Waals surface area contributed by atoms with E-state index in [1.54, 1.807) is 12.4 Å². The largest absolute Gasteiger partial charge is 0.316 e. The number of benzene rings is 3. The van der Waals surface area contributed by atoms with Gasteiger partial charge in [0.25, 0.3) is 0 Å². The second-order valence-electron chi connectivity index (χ2n) is 8.31. The van der Waals surface area contributed by atoms with Crippen molar-refractivity contribution in [2.75, 3.05) is 0 Å². The number of para-hydroxylation sites is 2. The monoisotopic (exact) mass is 437 g/mol. The van der Waals surface area contributed by atoms with Gasteiger partial charge in [0.15, 0.2) is 5.82 Å². The van der Waals surface area contributed by atoms with Crippen LogP contribution < -0.4 is 0 Å². The molecule has 0 amide bonds. The maximum atomic E-state index is 4.66. The first-order valence-electron chi connectivity index (χ1n) is 11.2. The molecule has 5 heteroatoms. The molecule has 34 heavy (non-hydrogen) atoms. The lowest BCUT2D eigenvalue weighted by molar-refractivity contribution is 1.08. The van der Waals surface area contributed by atoms with Crippen LogP contribution in [0.25, 0.3) is 55.5 Å². The molecule has 160 valence electrons. The van der Waals surface area contributed by atoms with Crippen molar-refractivity contribution in [2.45, 2.75) is 0 Å². The van der Waals surface area contributed by atoms with E-state index in [4.69, 9.17) is 0 Å². The van der Waals surface area contributed by atoms with Crippen molar-refractivity contribution in [1.82, 2.24) is 24.1 Å². The van der Waals surface area contributed by atoms with Gasteiger partial charge < -0.3 is 9.13 Å². The molecule has 0 spiro atoms. The second-order valence-corrected chi connectivity index (χ2v) is 8.31. The van der Waals surface area contributed by atoms with Gasteiger partial charge in [-0.3, -0.25) is 4.98 Å². The molecule has 3 aromatic carbocycles. The Kier molecular flexibility index (Phi) is 4.08. The zero-order valence-electron chi connectivity index (χ0n) is 18.2. The molecule has 5 nitrogen and oxygen atoms in total. The summed E-state index contributed by atoms with van der Waals surface area (Å²) >= 11 is 0. The van der Waals surface area contributed by atoms with Gasteiger partial charge in [0.2, 0.25) is 0 Å². The van der Waals surface area contributed by atoms with Crippen LogP contribution in [-0.2, 0) is 0 Å². The lowest BCUT2D eigenvalue weighted by Crippen LogP contribution is -1.98. The van der Waals surface area contributed by atoms with Gasteiger partial charge in [-0.15, -0.1) is 0 Å². The SMILES string of the molecule is c1ccc(-n2ccc3cc4c5ccccc5n(-c5cnc(-c6cccnc6)nc5)c4cc32)cc1. The summed E-state index contributed by atoms with van der Waals surface area (Å²) in [6.45, 7) is 0. The summed E-state index contributed by atoms with van der Waals surface area (Å²) < 4.78 is 4.48. The summed E-state index contributed by atoms with van der Waals surface area (Å²) in [6.07, 6.45) is 9.45. The normalized spacial score (nSPS) is 11.5. The fourth-order valence-corrected chi connectivity index (χ4v) is 4.77. The molecule has 0 saturated heterocycles. The lowest BCUT2D eigenvalue weighted by atomic mass is 10.1. The van der Waals surface area contributed by atoms with E-state index in [2.05, 4.69) is 97.0 Å². The average Bonchev–Trinajstić information content (AvgIpc) is 3.47. The highest BCUT2D eigenvalue weighted by atomic mass is 15.0. The molecule has 0 unspecified atom stereocenters. The number of nitrogens with zero attached hydrogens (tertiary/aromatic N) is 5. The smallest absolute Gasteiger partial charge is 0.160 e. The first-order valence-corrected chi connectivity index (χ1v) is 11.2. The first kappa shape index (κ1) is 18.8. The van der Waals surface area contributed by atoms with E-state index in [1.165, 1.54) is 16.2 Å². The number of fused-ring (bicyclic) bond motifs is 4. The van der Waals surface area contributed by atoms with Crippen LogP contribution in [0.3, 0.4) is 0 Å². The fourth-order valence-electron chi connectivity index (χ4n) is 4.77. The van der Waals surface area contributed by atoms with Gasteiger partial charge in [-0.05, 0) is 48.5 Å². The lowest BCUT2D eigenvalue weighted by Gasteiger charge is -2.09. The third-order valence-electron chi connectivity index (χ3n) is 6.33. The zero-order valence-corrected chi connectivity index (χ0v) is 18.2. The summed E-state index contributed by atoms with van der Waals surface area (Å²) in [5, 5.41) is 3.64. The predicted octanol–water partition coefficient (Wildman–Crippen LogP) is 6.58. The predicted molar refractivity (Wildman–Crippen MR) is 136 cm³/mol. The highest BCUT2D eigenvalue weighted by Gasteiger charge is 2.15. The Labute approximate surface area is 195 Å². The van der Waals surface area contributed by atoms with E-state index in [0.29, 0.717) is 5.82 Å². The molecule has 0 aliphatic rings. The molecule has 7 rings (SSSR count). The Hall–Kier alpha value is -4.77. The standard InChI is InChI=1S/C29H19N5/c1-2-8-22(9-3-1)33-14-12-20-15-25-24-10-4-5-11-26(24)34(28(25)16-27(20)33)23-18-31-29(32-19-23)21-7-6-13-30-17-21/h1-19H. The number of pyridine rings is 1. The Morgan fingerprint density at radius 1 is 0.588 bits per heavy atom. The van der Waals surface area contributed by atoms with Crippen molar-refractivity contribution >= 4 is 32.7 Å². The third kappa shape index (κ3) is 2.84. The van der Waals surface area contributed by atoms with E-state index in [-0.39, 0.29) is 0 Å². The van der Waals surface area contributed by atoms with E-state index >= 15 is 0 Å². The van der Waals surface area contributed by atoms with Gasteiger partial charge in [-0.25, -0.2) is 9.97 Å². The second kappa shape index (κ2) is 7.39. The third-order valence-corrected chi connectivity index (χ3v) is 6.33. The molecule has 0 fully saturated rings. The van der Waals surface area contributed by atoms with Gasteiger partial charge >= 0.3 is 0 Å². The quantitative estimate of drug-likeness (QED) is 0.314. The number of hydrogen-bond acceptors (Lipinski definition) is 3. The summed E-state index contributed by atoms with van der Waals surface area (Å²) in [6, 6.07) is 29.5. The minimum atomic E-state index is 0.665. The molecule has 0 N–H and O–H groups in total. The van der Waals surface area contributed by atoms with Gasteiger partial charge in [-0.1, -0.05) is 36.4 Å². The molecule has 7 aromatic rings. The molecule has 4 aromatic heterocycles. The van der Waals surface area contributed by atoms with Crippen LogP contribution in [0.1, 0.15) is 0 Å². The molecule has 0 aliphatic heterocycles. The van der Waals surface area contributed by atoms with Crippen molar-refractivity contribution < 1.29 is 0 Å². The number of hydrogen-bond donors (Lipinski definition) is 0. The average molecular weight is 438 g/mol. The van der Waals surface area contributed by atoms with E-state index in [9.17, 15) is 0 Å². The van der Waals surface area contributed by atoms with Crippen LogP contribution in [0.4, 0.5) is 0 Å². The number of aromatic nitrogens is 5. The van der Waals surface area contributed by atoms with Crippen LogP contribution in [0.5, 0.6) is 0 Å². The van der Waals surface area contributed by atoms with Crippen LogP contribution in [-0.4, -0.2) is 24.1 Å². The van der Waals surface area contributed by atoms with Gasteiger partial charge in [-0.2, -0.15) is 0 Å². The topological polar surface area (TPSA) is 48.5 Å². The minimum absolute atomic E-state index is 0.665. The van der Waals surface area contributed by atoms with Crippen molar-refractivity contribution in [1.29, 1.82) is 0 Å². The molecular weight excluding hydrogens is 418 g/mol. The van der Waals surface area contributed by atoms with Crippen LogP contribution in [0.2, 0.25) is 0 Å². The Bertz CT molecular complexity index is 1780. The molecule has 0 saturated carbocycles. The first-order chi connectivity index (χ1) is 16.9. The minimum Gasteiger partial charge on any atom is -0.316 e. The van der Waals surface area contributed by atoms with E-state index < -0.39 is 0 Å². The van der Waals surface area contributed by atoms with Gasteiger partial charge in [0, 0.05) is 46.0 Å². The van der Waals surface area contributed by atoms with E-state index in [0.717, 1.165) is 33.5 Å². The Balaban J connectivity index is 1.48. The van der Waals surface area contributed by atoms with Crippen molar-refractivity contribution in [2.24, 2.45) is 0 Å². The Morgan fingerprint density at radius 3 is 2.24 bits per heavy atom. The maximum Gasteiger partial charge on any atom is 0.160 e.